The molecule has 0 radical (unpaired) electrons. The number of halogens is 2. The number of thioether (sulfide) groups is 1. The van der Waals surface area contributed by atoms with Gasteiger partial charge in [-0.15, -0.1) is 5.10 Å². The second kappa shape index (κ2) is 6.70. The van der Waals surface area contributed by atoms with E-state index in [1.807, 2.05) is 0 Å². The number of nitrogens with zero attached hydrogens (tertiary/aromatic N) is 4. The average Bonchev–Trinajstić information content (AvgIpc) is 3.17. The number of aliphatic hydroxyl groups excluding tert-OH is 1. The number of aliphatic hydroxyl groups is 1. The summed E-state index contributed by atoms with van der Waals surface area (Å²) in [6, 6.07) is 3.35. The van der Waals surface area contributed by atoms with Gasteiger partial charge in [-0.25, -0.2) is 13.5 Å². The van der Waals surface area contributed by atoms with Crippen LogP contribution in [0.15, 0.2) is 23.4 Å². The van der Waals surface area contributed by atoms with Gasteiger partial charge in [-0.2, -0.15) is 0 Å². The molecule has 1 atom stereocenters. The van der Waals surface area contributed by atoms with Crippen LogP contribution in [0.3, 0.4) is 0 Å². The molecule has 1 aliphatic carbocycles. The van der Waals surface area contributed by atoms with Gasteiger partial charge in [-0.1, -0.05) is 24.6 Å². The Kier molecular flexibility index (Phi) is 4.68. The summed E-state index contributed by atoms with van der Waals surface area (Å²) in [5, 5.41) is 22.3. The lowest BCUT2D eigenvalue weighted by Crippen LogP contribution is -2.10. The van der Waals surface area contributed by atoms with Gasteiger partial charge >= 0.3 is 0 Å². The SMILES string of the molecule is OC(CSc1nnnn1C1CCCC1)c1cc(F)ccc1F. The Morgan fingerprint density at radius 2 is 2.09 bits per heavy atom. The number of aromatic nitrogens is 4. The quantitative estimate of drug-likeness (QED) is 0.856. The molecule has 0 amide bonds. The van der Waals surface area contributed by atoms with E-state index in [2.05, 4.69) is 15.5 Å². The molecule has 0 aliphatic heterocycles. The number of hydrogen-bond acceptors (Lipinski definition) is 5. The number of tetrazole rings is 1. The Bertz CT molecular complexity index is 646. The molecule has 1 aromatic heterocycles. The van der Waals surface area contributed by atoms with Crippen LogP contribution >= 0.6 is 11.8 Å². The predicted octanol–water partition coefficient (Wildman–Crippen LogP) is 2.89. The van der Waals surface area contributed by atoms with Gasteiger partial charge in [-0.05, 0) is 41.5 Å². The molecule has 3 rings (SSSR count). The lowest BCUT2D eigenvalue weighted by molar-refractivity contribution is 0.198. The predicted molar refractivity (Wildman–Crippen MR) is 77.4 cm³/mol. The van der Waals surface area contributed by atoms with Crippen molar-refractivity contribution in [1.82, 2.24) is 20.2 Å². The zero-order valence-corrected chi connectivity index (χ0v) is 12.6. The monoisotopic (exact) mass is 326 g/mol. The second-order valence-corrected chi connectivity index (χ2v) is 6.32. The summed E-state index contributed by atoms with van der Waals surface area (Å²) in [5.74, 6) is -1.03. The first-order valence-electron chi connectivity index (χ1n) is 7.19. The van der Waals surface area contributed by atoms with Crippen LogP contribution in [0.5, 0.6) is 0 Å². The molecule has 1 aliphatic rings. The van der Waals surface area contributed by atoms with Gasteiger partial charge in [0.05, 0.1) is 12.1 Å². The minimum absolute atomic E-state index is 0.0487. The van der Waals surface area contributed by atoms with Crippen molar-refractivity contribution in [3.63, 3.8) is 0 Å². The van der Waals surface area contributed by atoms with E-state index < -0.39 is 17.7 Å². The van der Waals surface area contributed by atoms with E-state index in [4.69, 9.17) is 0 Å². The van der Waals surface area contributed by atoms with Gasteiger partial charge in [0.15, 0.2) is 0 Å². The second-order valence-electron chi connectivity index (χ2n) is 5.34. The van der Waals surface area contributed by atoms with E-state index in [1.165, 1.54) is 11.8 Å². The standard InChI is InChI=1S/C14H16F2N4OS/c15-9-5-6-12(16)11(7-9)13(21)8-22-14-17-18-19-20(14)10-3-1-2-4-10/h5-7,10,13,21H,1-4,8H2. The molecule has 22 heavy (non-hydrogen) atoms. The van der Waals surface area contributed by atoms with Crippen molar-refractivity contribution in [1.29, 1.82) is 0 Å². The first kappa shape index (κ1) is 15.4. The fraction of sp³-hybridized carbons (Fsp3) is 0.500. The van der Waals surface area contributed by atoms with Gasteiger partial charge in [0.1, 0.15) is 11.6 Å². The average molecular weight is 326 g/mol. The highest BCUT2D eigenvalue weighted by Gasteiger charge is 2.23. The molecule has 1 heterocycles. The Morgan fingerprint density at radius 3 is 2.86 bits per heavy atom. The van der Waals surface area contributed by atoms with Crippen molar-refractivity contribution in [2.75, 3.05) is 5.75 Å². The summed E-state index contributed by atoms with van der Waals surface area (Å²) >= 11 is 1.25. The fourth-order valence-corrected chi connectivity index (χ4v) is 3.57. The van der Waals surface area contributed by atoms with E-state index in [0.29, 0.717) is 11.2 Å². The van der Waals surface area contributed by atoms with Crippen molar-refractivity contribution in [3.8, 4) is 0 Å². The molecule has 1 fully saturated rings. The third-order valence-corrected chi connectivity index (χ3v) is 4.83. The third-order valence-electron chi connectivity index (χ3n) is 3.82. The van der Waals surface area contributed by atoms with Crippen molar-refractivity contribution in [3.05, 3.63) is 35.4 Å². The highest BCUT2D eigenvalue weighted by atomic mass is 32.2. The zero-order chi connectivity index (χ0) is 15.5. The van der Waals surface area contributed by atoms with Gasteiger partial charge < -0.3 is 5.11 Å². The topological polar surface area (TPSA) is 63.8 Å². The van der Waals surface area contributed by atoms with Crippen LogP contribution in [0.25, 0.3) is 0 Å². The summed E-state index contributed by atoms with van der Waals surface area (Å²) < 4.78 is 28.6. The smallest absolute Gasteiger partial charge is 0.209 e. The maximum absolute atomic E-state index is 13.6. The summed E-state index contributed by atoms with van der Waals surface area (Å²) in [6.45, 7) is 0. The Morgan fingerprint density at radius 1 is 1.32 bits per heavy atom. The molecule has 1 N–H and O–H groups in total. The Hall–Kier alpha value is -1.54. The highest BCUT2D eigenvalue weighted by Crippen LogP contribution is 2.32. The maximum Gasteiger partial charge on any atom is 0.209 e. The summed E-state index contributed by atoms with van der Waals surface area (Å²) in [4.78, 5) is 0. The lowest BCUT2D eigenvalue weighted by Gasteiger charge is -2.13. The molecule has 118 valence electrons. The van der Waals surface area contributed by atoms with E-state index in [9.17, 15) is 13.9 Å². The van der Waals surface area contributed by atoms with Crippen LogP contribution in [-0.2, 0) is 0 Å². The van der Waals surface area contributed by atoms with E-state index in [-0.39, 0.29) is 11.3 Å². The largest absolute Gasteiger partial charge is 0.387 e. The highest BCUT2D eigenvalue weighted by molar-refractivity contribution is 7.99. The molecule has 1 unspecified atom stereocenters. The van der Waals surface area contributed by atoms with Gasteiger partial charge in [-0.3, -0.25) is 0 Å². The normalized spacial score (nSPS) is 17.0. The van der Waals surface area contributed by atoms with Crippen LogP contribution < -0.4 is 0 Å². The molecule has 2 aromatic rings. The molecular weight excluding hydrogens is 310 g/mol. The molecular formula is C14H16F2N4OS. The summed E-state index contributed by atoms with van der Waals surface area (Å²) in [6.07, 6.45) is 3.28. The van der Waals surface area contributed by atoms with E-state index >= 15 is 0 Å². The molecule has 8 heteroatoms. The third kappa shape index (κ3) is 3.27. The van der Waals surface area contributed by atoms with Gasteiger partial charge in [0.2, 0.25) is 5.16 Å². The summed E-state index contributed by atoms with van der Waals surface area (Å²) in [5.41, 5.74) is -0.0487. The van der Waals surface area contributed by atoms with Gasteiger partial charge in [0, 0.05) is 11.3 Å². The Labute approximate surface area is 130 Å². The van der Waals surface area contributed by atoms with Crippen LogP contribution in [0, 0.1) is 11.6 Å². The summed E-state index contributed by atoms with van der Waals surface area (Å²) in [7, 11) is 0. The van der Waals surface area contributed by atoms with E-state index in [0.717, 1.165) is 43.9 Å². The van der Waals surface area contributed by atoms with Crippen molar-refractivity contribution >= 4 is 11.8 Å². The molecule has 1 aromatic carbocycles. The Balaban J connectivity index is 1.67. The molecule has 5 nitrogen and oxygen atoms in total. The first-order valence-corrected chi connectivity index (χ1v) is 8.17. The van der Waals surface area contributed by atoms with Gasteiger partial charge in [0.25, 0.3) is 0 Å². The van der Waals surface area contributed by atoms with Crippen molar-refractivity contribution < 1.29 is 13.9 Å². The molecule has 1 saturated carbocycles. The first-order chi connectivity index (χ1) is 10.6. The molecule has 0 bridgehead atoms. The molecule has 0 spiro atoms. The lowest BCUT2D eigenvalue weighted by atomic mass is 10.1. The minimum atomic E-state index is -1.12. The van der Waals surface area contributed by atoms with Crippen LogP contribution in [0.1, 0.15) is 43.4 Å². The van der Waals surface area contributed by atoms with E-state index in [1.54, 1.807) is 4.68 Å². The van der Waals surface area contributed by atoms with Crippen molar-refractivity contribution in [2.24, 2.45) is 0 Å². The minimum Gasteiger partial charge on any atom is -0.387 e. The molecule has 0 saturated heterocycles. The van der Waals surface area contributed by atoms with Crippen LogP contribution in [0.2, 0.25) is 0 Å². The van der Waals surface area contributed by atoms with Crippen molar-refractivity contribution in [2.45, 2.75) is 43.0 Å². The van der Waals surface area contributed by atoms with Crippen LogP contribution in [-0.4, -0.2) is 31.1 Å². The van der Waals surface area contributed by atoms with Crippen LogP contribution in [0.4, 0.5) is 8.78 Å². The maximum atomic E-state index is 13.6. The number of hydrogen-bond donors (Lipinski definition) is 1. The fourth-order valence-electron chi connectivity index (χ4n) is 2.67. The number of benzene rings is 1. The zero-order valence-electron chi connectivity index (χ0n) is 11.8. The number of rotatable bonds is 5.